The maximum atomic E-state index is 5.94. The lowest BCUT2D eigenvalue weighted by Gasteiger charge is -2.27. The largest absolute Gasteiger partial charge is 0.378 e. The molecule has 1 fully saturated rings. The van der Waals surface area contributed by atoms with Gasteiger partial charge in [0.05, 0.1) is 19.4 Å². The Morgan fingerprint density at radius 2 is 2.06 bits per heavy atom. The average Bonchev–Trinajstić information content (AvgIpc) is 2.73. The van der Waals surface area contributed by atoms with Crippen LogP contribution in [0.1, 0.15) is 7.43 Å². The van der Waals surface area contributed by atoms with Crippen LogP contribution in [0.5, 0.6) is 0 Å². The third kappa shape index (κ3) is 2.32. The van der Waals surface area contributed by atoms with Gasteiger partial charge in [0.25, 0.3) is 0 Å². The van der Waals surface area contributed by atoms with Gasteiger partial charge in [0, 0.05) is 19.3 Å². The van der Waals surface area contributed by atoms with Crippen molar-refractivity contribution < 1.29 is 4.74 Å². The second-order valence-corrected chi connectivity index (χ2v) is 4.96. The topological polar surface area (TPSA) is 42.7 Å². The Labute approximate surface area is 119 Å². The van der Waals surface area contributed by atoms with Crippen molar-refractivity contribution >= 4 is 39.0 Å². The Morgan fingerprint density at radius 3 is 2.78 bits per heavy atom. The van der Waals surface area contributed by atoms with Crippen LogP contribution in [0.2, 0.25) is 5.15 Å². The van der Waals surface area contributed by atoms with Crippen LogP contribution < -0.4 is 4.90 Å². The van der Waals surface area contributed by atoms with Crippen LogP contribution in [0.4, 0.5) is 5.82 Å². The molecule has 0 saturated carbocycles. The quantitative estimate of drug-likeness (QED) is 0.804. The molecule has 7 heteroatoms. The number of hydrogen-bond donors (Lipinski definition) is 0. The fourth-order valence-corrected chi connectivity index (χ4v) is 2.46. The van der Waals surface area contributed by atoms with E-state index in [2.05, 4.69) is 30.8 Å². The summed E-state index contributed by atoms with van der Waals surface area (Å²) < 4.78 is 8.06. The molecule has 0 unspecified atom stereocenters. The molecule has 0 atom stereocenters. The summed E-state index contributed by atoms with van der Waals surface area (Å²) in [5.74, 6) is 0.850. The third-order valence-corrected chi connectivity index (χ3v) is 3.48. The summed E-state index contributed by atoms with van der Waals surface area (Å²) in [4.78, 5) is 10.9. The minimum absolute atomic E-state index is 0. The van der Waals surface area contributed by atoms with Crippen LogP contribution in [0.25, 0.3) is 5.65 Å². The average molecular weight is 334 g/mol. The first kappa shape index (κ1) is 13.6. The molecular weight excluding hydrogens is 320 g/mol. The Morgan fingerprint density at radius 1 is 1.33 bits per heavy atom. The summed E-state index contributed by atoms with van der Waals surface area (Å²) in [5, 5.41) is 0.466. The van der Waals surface area contributed by atoms with Gasteiger partial charge in [0.1, 0.15) is 9.76 Å². The summed E-state index contributed by atoms with van der Waals surface area (Å²) in [6.45, 7) is 3.10. The molecule has 2 aromatic heterocycles. The predicted molar refractivity (Wildman–Crippen MR) is 75.5 cm³/mol. The van der Waals surface area contributed by atoms with Gasteiger partial charge in [0.2, 0.25) is 0 Å². The third-order valence-electron chi connectivity index (χ3n) is 2.71. The Hall–Kier alpha value is -0.850. The van der Waals surface area contributed by atoms with Crippen molar-refractivity contribution in [3.63, 3.8) is 0 Å². The number of fused-ring (bicyclic) bond motifs is 1. The van der Waals surface area contributed by atoms with Crippen molar-refractivity contribution in [1.82, 2.24) is 14.4 Å². The molecule has 0 spiro atoms. The van der Waals surface area contributed by atoms with Gasteiger partial charge in [-0.15, -0.1) is 0 Å². The zero-order chi connectivity index (χ0) is 11.8. The second kappa shape index (κ2) is 5.42. The highest BCUT2D eigenvalue weighted by Gasteiger charge is 2.18. The number of imidazole rings is 1. The Bertz CT molecular complexity index is 553. The van der Waals surface area contributed by atoms with Crippen molar-refractivity contribution in [3.05, 3.63) is 22.1 Å². The van der Waals surface area contributed by atoms with E-state index in [-0.39, 0.29) is 7.43 Å². The van der Waals surface area contributed by atoms with Crippen molar-refractivity contribution in [2.75, 3.05) is 31.2 Å². The van der Waals surface area contributed by atoms with Gasteiger partial charge in [-0.25, -0.2) is 9.97 Å². The van der Waals surface area contributed by atoms with Crippen LogP contribution in [0.3, 0.4) is 0 Å². The fraction of sp³-hybridized carbons (Fsp3) is 0.455. The lowest BCUT2D eigenvalue weighted by Crippen LogP contribution is -2.37. The van der Waals surface area contributed by atoms with Gasteiger partial charge in [0.15, 0.2) is 11.5 Å². The smallest absolute Gasteiger partial charge is 0.182 e. The molecule has 0 bridgehead atoms. The van der Waals surface area contributed by atoms with Gasteiger partial charge in [-0.1, -0.05) is 19.0 Å². The van der Waals surface area contributed by atoms with E-state index in [1.807, 2.05) is 4.40 Å². The van der Waals surface area contributed by atoms with E-state index in [1.165, 1.54) is 0 Å². The first-order valence-electron chi connectivity index (χ1n) is 5.27. The lowest BCUT2D eigenvalue weighted by atomic mass is 10.4. The predicted octanol–water partition coefficient (Wildman–Crippen LogP) is 2.62. The fourth-order valence-electron chi connectivity index (χ4n) is 1.90. The van der Waals surface area contributed by atoms with Crippen LogP contribution in [0, 0.1) is 0 Å². The van der Waals surface area contributed by atoms with Crippen molar-refractivity contribution in [2.24, 2.45) is 0 Å². The molecule has 3 rings (SSSR count). The highest BCUT2D eigenvalue weighted by molar-refractivity contribution is 9.10. The maximum absolute atomic E-state index is 5.94. The molecule has 18 heavy (non-hydrogen) atoms. The van der Waals surface area contributed by atoms with Gasteiger partial charge in [-0.05, 0) is 15.9 Å². The number of nitrogens with zero attached hydrogens (tertiary/aromatic N) is 4. The van der Waals surface area contributed by atoms with Gasteiger partial charge in [-0.2, -0.15) is 0 Å². The highest BCUT2D eigenvalue weighted by Crippen LogP contribution is 2.24. The first-order chi connectivity index (χ1) is 8.25. The van der Waals surface area contributed by atoms with E-state index >= 15 is 0 Å². The number of aromatic nitrogens is 3. The SMILES string of the molecule is C.Clc1cn2c(Br)cnc(N3CCOCC3)c2n1. The molecule has 1 saturated heterocycles. The summed E-state index contributed by atoms with van der Waals surface area (Å²) in [6, 6.07) is 0. The molecule has 98 valence electrons. The molecule has 0 radical (unpaired) electrons. The molecule has 1 aliphatic rings. The van der Waals surface area contributed by atoms with Crippen LogP contribution in [-0.4, -0.2) is 40.7 Å². The molecule has 3 heterocycles. The van der Waals surface area contributed by atoms with E-state index < -0.39 is 0 Å². The highest BCUT2D eigenvalue weighted by atomic mass is 79.9. The van der Waals surface area contributed by atoms with E-state index in [1.54, 1.807) is 12.4 Å². The second-order valence-electron chi connectivity index (χ2n) is 3.76. The number of ether oxygens (including phenoxy) is 1. The number of hydrogen-bond acceptors (Lipinski definition) is 4. The number of rotatable bonds is 1. The van der Waals surface area contributed by atoms with Gasteiger partial charge >= 0.3 is 0 Å². The summed E-state index contributed by atoms with van der Waals surface area (Å²) in [5.41, 5.74) is 0.770. The number of halogens is 2. The molecule has 5 nitrogen and oxygen atoms in total. The maximum Gasteiger partial charge on any atom is 0.182 e. The van der Waals surface area contributed by atoms with E-state index in [4.69, 9.17) is 16.3 Å². The monoisotopic (exact) mass is 332 g/mol. The zero-order valence-corrected chi connectivity index (χ0v) is 11.3. The summed E-state index contributed by atoms with van der Waals surface area (Å²) in [6.07, 6.45) is 3.53. The molecule has 1 aliphatic heterocycles. The number of anilines is 1. The molecule has 0 amide bonds. The van der Waals surface area contributed by atoms with Crippen LogP contribution in [-0.2, 0) is 4.74 Å². The van der Waals surface area contributed by atoms with Crippen molar-refractivity contribution in [1.29, 1.82) is 0 Å². The summed E-state index contributed by atoms with van der Waals surface area (Å²) in [7, 11) is 0. The molecular formula is C11H14BrClN4O. The minimum atomic E-state index is 0. The molecule has 0 N–H and O–H groups in total. The van der Waals surface area contributed by atoms with Crippen LogP contribution >= 0.6 is 27.5 Å². The Kier molecular flexibility index (Phi) is 4.09. The standard InChI is InChI=1S/C10H10BrClN4O.CH4/c11-7-5-13-9(15-1-3-17-4-2-15)10-14-8(12)6-16(7)10;/h5-6H,1-4H2;1H4. The van der Waals surface area contributed by atoms with Crippen molar-refractivity contribution in [2.45, 2.75) is 7.43 Å². The molecule has 2 aromatic rings. The number of morpholine rings is 1. The minimum Gasteiger partial charge on any atom is -0.378 e. The van der Waals surface area contributed by atoms with Gasteiger partial charge in [-0.3, -0.25) is 4.40 Å². The van der Waals surface area contributed by atoms with E-state index in [9.17, 15) is 0 Å². The normalized spacial score (nSPS) is 15.8. The molecule has 0 aliphatic carbocycles. The van der Waals surface area contributed by atoms with E-state index in [0.29, 0.717) is 5.15 Å². The first-order valence-corrected chi connectivity index (χ1v) is 6.44. The van der Waals surface area contributed by atoms with E-state index in [0.717, 1.165) is 42.4 Å². The molecule has 0 aromatic carbocycles. The summed E-state index contributed by atoms with van der Waals surface area (Å²) >= 11 is 9.37. The van der Waals surface area contributed by atoms with Crippen LogP contribution in [0.15, 0.2) is 17.0 Å². The van der Waals surface area contributed by atoms with Crippen molar-refractivity contribution in [3.8, 4) is 0 Å². The zero-order valence-electron chi connectivity index (χ0n) is 8.94. The van der Waals surface area contributed by atoms with Gasteiger partial charge < -0.3 is 9.64 Å². The Balaban J connectivity index is 0.00000120. The lowest BCUT2D eigenvalue weighted by molar-refractivity contribution is 0.122.